The molecular weight excluding hydrogens is 328 g/mol. The predicted molar refractivity (Wildman–Crippen MR) is 104 cm³/mol. The number of likely N-dealkylation sites (N-methyl/N-ethyl adjacent to an activating group) is 1. The first-order valence-corrected chi connectivity index (χ1v) is 8.96. The minimum atomic E-state index is -0.0462. The molecule has 1 aliphatic rings. The van der Waals surface area contributed by atoms with E-state index in [4.69, 9.17) is 0 Å². The second-order valence-corrected chi connectivity index (χ2v) is 6.60. The number of piperazine rings is 1. The zero-order valence-electron chi connectivity index (χ0n) is 15.6. The number of rotatable bonds is 5. The van der Waals surface area contributed by atoms with Crippen LogP contribution in [-0.2, 0) is 0 Å². The zero-order chi connectivity index (χ0) is 18.5. The van der Waals surface area contributed by atoms with Crippen LogP contribution in [0, 0.1) is 0 Å². The third-order valence-electron chi connectivity index (χ3n) is 4.65. The lowest BCUT2D eigenvalue weighted by molar-refractivity contribution is 0.0636. The Hall–Kier alpha value is -2.67. The van der Waals surface area contributed by atoms with E-state index >= 15 is 0 Å². The van der Waals surface area contributed by atoms with Crippen molar-refractivity contribution < 1.29 is 4.79 Å². The quantitative estimate of drug-likeness (QED) is 0.887. The van der Waals surface area contributed by atoms with E-state index in [0.29, 0.717) is 11.5 Å². The van der Waals surface area contributed by atoms with E-state index in [1.807, 2.05) is 48.2 Å². The summed E-state index contributed by atoms with van der Waals surface area (Å²) >= 11 is 0. The summed E-state index contributed by atoms with van der Waals surface area (Å²) in [5.41, 5.74) is 2.45. The van der Waals surface area contributed by atoms with Gasteiger partial charge in [0.1, 0.15) is 0 Å². The average Bonchev–Trinajstić information content (AvgIpc) is 2.68. The minimum absolute atomic E-state index is 0.0462. The monoisotopic (exact) mass is 354 g/mol. The molecule has 0 aliphatic carbocycles. The highest BCUT2D eigenvalue weighted by atomic mass is 16.2. The van der Waals surface area contributed by atoms with E-state index in [-0.39, 0.29) is 5.91 Å². The summed E-state index contributed by atoms with van der Waals surface area (Å²) in [4.78, 5) is 18.8. The summed E-state index contributed by atoms with van der Waals surface area (Å²) in [7, 11) is 4.01. The van der Waals surface area contributed by atoms with E-state index in [2.05, 4.69) is 27.3 Å². The topological polar surface area (TPSA) is 64.6 Å². The number of anilines is 3. The first-order valence-electron chi connectivity index (χ1n) is 8.96. The fourth-order valence-electron chi connectivity index (χ4n) is 2.93. The maximum Gasteiger partial charge on any atom is 0.274 e. The van der Waals surface area contributed by atoms with Crippen LogP contribution in [0.15, 0.2) is 36.4 Å². The molecule has 7 nitrogen and oxygen atoms in total. The lowest BCUT2D eigenvalue weighted by Crippen LogP contribution is -2.48. The first-order chi connectivity index (χ1) is 12.6. The van der Waals surface area contributed by atoms with Gasteiger partial charge in [0.25, 0.3) is 5.91 Å². The van der Waals surface area contributed by atoms with Gasteiger partial charge < -0.3 is 20.0 Å². The molecule has 1 aliphatic heterocycles. The molecule has 1 fully saturated rings. The SMILES string of the molecule is CCN1CCN(C(=O)c2ccc(Nc3ccc(N(C)C)cc3)nn2)CC1. The number of amides is 1. The van der Waals surface area contributed by atoms with Crippen molar-refractivity contribution in [2.75, 3.05) is 57.0 Å². The van der Waals surface area contributed by atoms with Crippen molar-refractivity contribution in [2.45, 2.75) is 6.92 Å². The van der Waals surface area contributed by atoms with Gasteiger partial charge in [0.15, 0.2) is 11.5 Å². The molecule has 26 heavy (non-hydrogen) atoms. The molecule has 1 saturated heterocycles. The van der Waals surface area contributed by atoms with Gasteiger partial charge in [-0.1, -0.05) is 6.92 Å². The number of carbonyl (C=O) groups is 1. The summed E-state index contributed by atoms with van der Waals surface area (Å²) in [6, 6.07) is 11.6. The van der Waals surface area contributed by atoms with Crippen molar-refractivity contribution in [1.29, 1.82) is 0 Å². The Bertz CT molecular complexity index is 721. The van der Waals surface area contributed by atoms with Crippen LogP contribution in [0.5, 0.6) is 0 Å². The molecule has 1 amide bonds. The lowest BCUT2D eigenvalue weighted by Gasteiger charge is -2.33. The first kappa shape index (κ1) is 18.1. The number of hydrogen-bond donors (Lipinski definition) is 1. The van der Waals surface area contributed by atoms with Gasteiger partial charge >= 0.3 is 0 Å². The predicted octanol–water partition coefficient (Wildman–Crippen LogP) is 2.06. The Morgan fingerprint density at radius 3 is 2.27 bits per heavy atom. The van der Waals surface area contributed by atoms with Crippen molar-refractivity contribution >= 4 is 23.1 Å². The Morgan fingerprint density at radius 1 is 1.04 bits per heavy atom. The summed E-state index contributed by atoms with van der Waals surface area (Å²) in [6.07, 6.45) is 0. The van der Waals surface area contributed by atoms with Crippen LogP contribution in [0.1, 0.15) is 17.4 Å². The van der Waals surface area contributed by atoms with E-state index in [1.54, 1.807) is 12.1 Å². The molecule has 1 N–H and O–H groups in total. The van der Waals surface area contributed by atoms with Gasteiger partial charge in [0, 0.05) is 51.6 Å². The van der Waals surface area contributed by atoms with Crippen LogP contribution >= 0.6 is 0 Å². The zero-order valence-corrected chi connectivity index (χ0v) is 15.6. The summed E-state index contributed by atoms with van der Waals surface area (Å²) < 4.78 is 0. The third-order valence-corrected chi connectivity index (χ3v) is 4.65. The molecule has 0 bridgehead atoms. The molecule has 2 heterocycles. The average molecular weight is 354 g/mol. The van der Waals surface area contributed by atoms with Crippen molar-refractivity contribution in [3.63, 3.8) is 0 Å². The van der Waals surface area contributed by atoms with Crippen LogP contribution in [-0.4, -0.2) is 72.7 Å². The molecule has 2 aromatic rings. The van der Waals surface area contributed by atoms with Crippen LogP contribution in [0.4, 0.5) is 17.2 Å². The van der Waals surface area contributed by atoms with Gasteiger partial charge in [0.2, 0.25) is 0 Å². The smallest absolute Gasteiger partial charge is 0.274 e. The molecule has 7 heteroatoms. The third kappa shape index (κ3) is 4.29. The van der Waals surface area contributed by atoms with Crippen molar-refractivity contribution in [3.05, 3.63) is 42.1 Å². The molecule has 0 radical (unpaired) electrons. The van der Waals surface area contributed by atoms with Crippen LogP contribution in [0.25, 0.3) is 0 Å². The fraction of sp³-hybridized carbons (Fsp3) is 0.421. The molecule has 0 atom stereocenters. The molecule has 0 unspecified atom stereocenters. The Balaban J connectivity index is 1.60. The van der Waals surface area contributed by atoms with Crippen molar-refractivity contribution in [3.8, 4) is 0 Å². The van der Waals surface area contributed by atoms with E-state index in [9.17, 15) is 4.79 Å². The van der Waals surface area contributed by atoms with Gasteiger partial charge in [-0.2, -0.15) is 0 Å². The molecule has 0 spiro atoms. The van der Waals surface area contributed by atoms with Crippen LogP contribution in [0.2, 0.25) is 0 Å². The molecule has 138 valence electrons. The molecule has 1 aromatic carbocycles. The molecular formula is C19H26N6O. The van der Waals surface area contributed by atoms with E-state index in [1.165, 1.54) is 0 Å². The van der Waals surface area contributed by atoms with Crippen LogP contribution in [0.3, 0.4) is 0 Å². The summed E-state index contributed by atoms with van der Waals surface area (Å²) in [6.45, 7) is 6.48. The summed E-state index contributed by atoms with van der Waals surface area (Å²) in [5.74, 6) is 0.574. The van der Waals surface area contributed by atoms with E-state index in [0.717, 1.165) is 44.1 Å². The van der Waals surface area contributed by atoms with Gasteiger partial charge in [-0.15, -0.1) is 10.2 Å². The van der Waals surface area contributed by atoms with Gasteiger partial charge in [0.05, 0.1) is 0 Å². The number of carbonyl (C=O) groups excluding carboxylic acids is 1. The van der Waals surface area contributed by atoms with Crippen molar-refractivity contribution in [2.24, 2.45) is 0 Å². The standard InChI is InChI=1S/C19H26N6O/c1-4-24-11-13-25(14-12-24)19(26)17-9-10-18(22-21-17)20-15-5-7-16(8-6-15)23(2)3/h5-10H,4,11-14H2,1-3H3,(H,20,22). The molecule has 0 saturated carbocycles. The maximum absolute atomic E-state index is 12.5. The molecule has 3 rings (SSSR count). The lowest BCUT2D eigenvalue weighted by atomic mass is 10.2. The van der Waals surface area contributed by atoms with Gasteiger partial charge in [-0.3, -0.25) is 4.79 Å². The van der Waals surface area contributed by atoms with Crippen LogP contribution < -0.4 is 10.2 Å². The van der Waals surface area contributed by atoms with Gasteiger partial charge in [-0.05, 0) is 42.9 Å². The highest BCUT2D eigenvalue weighted by Crippen LogP contribution is 2.19. The Kier molecular flexibility index (Phi) is 5.68. The van der Waals surface area contributed by atoms with Crippen molar-refractivity contribution in [1.82, 2.24) is 20.0 Å². The second-order valence-electron chi connectivity index (χ2n) is 6.60. The normalized spacial score (nSPS) is 15.0. The largest absolute Gasteiger partial charge is 0.378 e. The van der Waals surface area contributed by atoms with E-state index < -0.39 is 0 Å². The Morgan fingerprint density at radius 2 is 1.73 bits per heavy atom. The number of benzene rings is 1. The fourth-order valence-corrected chi connectivity index (χ4v) is 2.93. The maximum atomic E-state index is 12.5. The number of nitrogens with zero attached hydrogens (tertiary/aromatic N) is 5. The highest BCUT2D eigenvalue weighted by Gasteiger charge is 2.22. The number of hydrogen-bond acceptors (Lipinski definition) is 6. The minimum Gasteiger partial charge on any atom is -0.378 e. The highest BCUT2D eigenvalue weighted by molar-refractivity contribution is 5.92. The van der Waals surface area contributed by atoms with Gasteiger partial charge in [-0.25, -0.2) is 0 Å². The Labute approximate surface area is 154 Å². The molecule has 1 aromatic heterocycles. The summed E-state index contributed by atoms with van der Waals surface area (Å²) in [5, 5.41) is 11.5. The number of aromatic nitrogens is 2. The number of nitrogens with one attached hydrogen (secondary N) is 1. The second kappa shape index (κ2) is 8.14.